The molecule has 0 N–H and O–H groups in total. The molecule has 0 fully saturated rings. The first-order valence-electron chi connectivity index (χ1n) is 12.8. The molecule has 1 heterocycles. The standard InChI is InChI=1S/C35H22N2O/c38-35-36(27-9-2-1-3-10-27)31-11-4-5-12-32(31)37(35)28-19-15-23(16-20-28)29-21-17-26-14-13-24-7-6-8-25-18-22-30(29)34(26)33(24)25/h1-22H. The third kappa shape index (κ3) is 2.93. The molecular formula is C35H22N2O. The van der Waals surface area contributed by atoms with E-state index in [1.165, 1.54) is 37.9 Å². The van der Waals surface area contributed by atoms with Gasteiger partial charge in [0.05, 0.1) is 22.4 Å². The Bertz CT molecular complexity index is 2170. The Morgan fingerprint density at radius 3 is 1.66 bits per heavy atom. The van der Waals surface area contributed by atoms with E-state index in [0.29, 0.717) is 0 Å². The summed E-state index contributed by atoms with van der Waals surface area (Å²) in [6, 6.07) is 45.9. The van der Waals surface area contributed by atoms with Gasteiger partial charge in [-0.2, -0.15) is 0 Å². The molecule has 0 saturated carbocycles. The second kappa shape index (κ2) is 7.92. The second-order valence-corrected chi connectivity index (χ2v) is 9.79. The van der Waals surface area contributed by atoms with Crippen molar-refractivity contribution < 1.29 is 0 Å². The maximum atomic E-state index is 13.7. The molecule has 8 aromatic rings. The lowest BCUT2D eigenvalue weighted by atomic mass is 9.90. The van der Waals surface area contributed by atoms with Crippen molar-refractivity contribution in [2.45, 2.75) is 0 Å². The van der Waals surface area contributed by atoms with Crippen molar-refractivity contribution in [2.75, 3.05) is 0 Å². The number of imidazole rings is 1. The Balaban J connectivity index is 1.31. The Morgan fingerprint density at radius 2 is 0.974 bits per heavy atom. The predicted molar refractivity (Wildman–Crippen MR) is 158 cm³/mol. The zero-order valence-electron chi connectivity index (χ0n) is 20.5. The van der Waals surface area contributed by atoms with Crippen molar-refractivity contribution in [3.05, 3.63) is 144 Å². The van der Waals surface area contributed by atoms with Crippen LogP contribution in [0.4, 0.5) is 0 Å². The van der Waals surface area contributed by atoms with Gasteiger partial charge in [0.15, 0.2) is 0 Å². The summed E-state index contributed by atoms with van der Waals surface area (Å²) in [5, 5.41) is 7.66. The number of para-hydroxylation sites is 3. The number of hydrogen-bond acceptors (Lipinski definition) is 1. The molecular weight excluding hydrogens is 464 g/mol. The zero-order chi connectivity index (χ0) is 25.2. The molecule has 0 aliphatic rings. The predicted octanol–water partition coefficient (Wildman–Crippen LogP) is 8.35. The summed E-state index contributed by atoms with van der Waals surface area (Å²) in [7, 11) is 0. The Morgan fingerprint density at radius 1 is 0.421 bits per heavy atom. The minimum absolute atomic E-state index is 0.0760. The lowest BCUT2D eigenvalue weighted by Crippen LogP contribution is -2.22. The fraction of sp³-hybridized carbons (Fsp3) is 0. The number of fused-ring (bicyclic) bond motifs is 1. The van der Waals surface area contributed by atoms with Gasteiger partial charge in [-0.3, -0.25) is 9.13 Å². The minimum Gasteiger partial charge on any atom is -0.260 e. The highest BCUT2D eigenvalue weighted by molar-refractivity contribution is 6.25. The van der Waals surface area contributed by atoms with Crippen LogP contribution < -0.4 is 5.69 Å². The number of aromatic nitrogens is 2. The third-order valence-electron chi connectivity index (χ3n) is 7.73. The van der Waals surface area contributed by atoms with Crippen molar-refractivity contribution >= 4 is 43.4 Å². The highest BCUT2D eigenvalue weighted by Gasteiger charge is 2.16. The molecule has 3 heteroatoms. The quantitative estimate of drug-likeness (QED) is 0.231. The molecule has 3 nitrogen and oxygen atoms in total. The molecule has 0 amide bonds. The van der Waals surface area contributed by atoms with E-state index >= 15 is 0 Å². The summed E-state index contributed by atoms with van der Waals surface area (Å²) < 4.78 is 3.58. The van der Waals surface area contributed by atoms with Crippen LogP contribution in [0.15, 0.2) is 138 Å². The van der Waals surface area contributed by atoms with E-state index in [4.69, 9.17) is 0 Å². The number of benzene rings is 7. The smallest absolute Gasteiger partial charge is 0.260 e. The lowest BCUT2D eigenvalue weighted by Gasteiger charge is -2.14. The van der Waals surface area contributed by atoms with Crippen LogP contribution in [0.25, 0.3) is 65.9 Å². The van der Waals surface area contributed by atoms with Crippen LogP contribution in [0.3, 0.4) is 0 Å². The normalized spacial score (nSPS) is 11.8. The Kier molecular flexibility index (Phi) is 4.38. The monoisotopic (exact) mass is 486 g/mol. The average molecular weight is 487 g/mol. The van der Waals surface area contributed by atoms with Crippen LogP contribution in [-0.2, 0) is 0 Å². The maximum Gasteiger partial charge on any atom is 0.338 e. The molecule has 0 radical (unpaired) electrons. The van der Waals surface area contributed by atoms with E-state index in [1.807, 2.05) is 54.6 Å². The first-order chi connectivity index (χ1) is 18.8. The van der Waals surface area contributed by atoms with Gasteiger partial charge in [0.1, 0.15) is 0 Å². The lowest BCUT2D eigenvalue weighted by molar-refractivity contribution is 0.931. The molecule has 8 rings (SSSR count). The highest BCUT2D eigenvalue weighted by atomic mass is 16.1. The van der Waals surface area contributed by atoms with E-state index in [2.05, 4.69) is 78.9 Å². The minimum atomic E-state index is -0.0760. The number of hydrogen-bond donors (Lipinski definition) is 0. The van der Waals surface area contributed by atoms with Crippen LogP contribution in [0, 0.1) is 0 Å². The molecule has 0 aliphatic heterocycles. The summed E-state index contributed by atoms with van der Waals surface area (Å²) in [5.41, 5.74) is 5.73. The molecule has 0 unspecified atom stereocenters. The Hall–Kier alpha value is -5.15. The first-order valence-corrected chi connectivity index (χ1v) is 12.8. The summed E-state index contributed by atoms with van der Waals surface area (Å²) in [4.78, 5) is 13.7. The van der Waals surface area contributed by atoms with Crippen LogP contribution >= 0.6 is 0 Å². The molecule has 0 atom stereocenters. The molecule has 0 bridgehead atoms. The maximum absolute atomic E-state index is 13.7. The molecule has 0 aliphatic carbocycles. The summed E-state index contributed by atoms with van der Waals surface area (Å²) in [6.07, 6.45) is 0. The van der Waals surface area contributed by atoms with E-state index in [0.717, 1.165) is 28.0 Å². The van der Waals surface area contributed by atoms with Gasteiger partial charge in [-0.25, -0.2) is 4.79 Å². The molecule has 0 spiro atoms. The van der Waals surface area contributed by atoms with Gasteiger partial charge in [0, 0.05) is 0 Å². The van der Waals surface area contributed by atoms with Crippen molar-refractivity contribution in [3.8, 4) is 22.5 Å². The van der Waals surface area contributed by atoms with Gasteiger partial charge in [0.2, 0.25) is 0 Å². The van der Waals surface area contributed by atoms with Gasteiger partial charge in [0.25, 0.3) is 0 Å². The fourth-order valence-corrected chi connectivity index (χ4v) is 6.00. The SMILES string of the molecule is O=c1n(-c2ccccc2)c2ccccc2n1-c1ccc(-c2ccc3ccc4cccc5ccc2c3c45)cc1. The molecule has 1 aromatic heterocycles. The van der Waals surface area contributed by atoms with Crippen molar-refractivity contribution in [1.82, 2.24) is 9.13 Å². The largest absolute Gasteiger partial charge is 0.338 e. The zero-order valence-corrected chi connectivity index (χ0v) is 20.5. The molecule has 0 saturated heterocycles. The highest BCUT2D eigenvalue weighted by Crippen LogP contribution is 2.39. The van der Waals surface area contributed by atoms with Gasteiger partial charge >= 0.3 is 5.69 Å². The molecule has 38 heavy (non-hydrogen) atoms. The van der Waals surface area contributed by atoms with Crippen LogP contribution in [0.5, 0.6) is 0 Å². The Labute approximate surface area is 218 Å². The van der Waals surface area contributed by atoms with Crippen molar-refractivity contribution in [1.29, 1.82) is 0 Å². The summed E-state index contributed by atoms with van der Waals surface area (Å²) in [6.45, 7) is 0. The van der Waals surface area contributed by atoms with Crippen LogP contribution in [0.2, 0.25) is 0 Å². The van der Waals surface area contributed by atoms with Crippen LogP contribution in [0.1, 0.15) is 0 Å². The van der Waals surface area contributed by atoms with E-state index in [-0.39, 0.29) is 5.69 Å². The van der Waals surface area contributed by atoms with E-state index < -0.39 is 0 Å². The van der Waals surface area contributed by atoms with E-state index in [1.54, 1.807) is 9.13 Å². The number of rotatable bonds is 3. The van der Waals surface area contributed by atoms with Gasteiger partial charge in [-0.05, 0) is 79.8 Å². The average Bonchev–Trinajstić information content (AvgIpc) is 3.28. The summed E-state index contributed by atoms with van der Waals surface area (Å²) in [5.74, 6) is 0. The van der Waals surface area contributed by atoms with Crippen molar-refractivity contribution in [2.24, 2.45) is 0 Å². The second-order valence-electron chi connectivity index (χ2n) is 9.79. The van der Waals surface area contributed by atoms with Gasteiger partial charge in [-0.1, -0.05) is 97.1 Å². The molecule has 178 valence electrons. The van der Waals surface area contributed by atoms with Crippen molar-refractivity contribution in [3.63, 3.8) is 0 Å². The van der Waals surface area contributed by atoms with Gasteiger partial charge < -0.3 is 0 Å². The van der Waals surface area contributed by atoms with Crippen LogP contribution in [-0.4, -0.2) is 9.13 Å². The van der Waals surface area contributed by atoms with E-state index in [9.17, 15) is 4.79 Å². The molecule has 7 aromatic carbocycles. The van der Waals surface area contributed by atoms with Gasteiger partial charge in [-0.15, -0.1) is 0 Å². The number of nitrogens with zero attached hydrogens (tertiary/aromatic N) is 2. The topological polar surface area (TPSA) is 26.9 Å². The third-order valence-corrected chi connectivity index (χ3v) is 7.73. The summed E-state index contributed by atoms with van der Waals surface area (Å²) >= 11 is 0. The first kappa shape index (κ1) is 21.0. The fourth-order valence-electron chi connectivity index (χ4n) is 6.00.